The van der Waals surface area contributed by atoms with Gasteiger partial charge in [-0.1, -0.05) is 0 Å². The lowest BCUT2D eigenvalue weighted by atomic mass is 10.1. The van der Waals surface area contributed by atoms with Gasteiger partial charge in [-0.25, -0.2) is 13.1 Å². The Hall–Kier alpha value is -0.660. The molecule has 0 aliphatic carbocycles. The maximum absolute atomic E-state index is 11.2. The second kappa shape index (κ2) is 4.72. The molecule has 84 valence electrons. The summed E-state index contributed by atoms with van der Waals surface area (Å²) in [4.78, 5) is 11.2. The summed E-state index contributed by atoms with van der Waals surface area (Å²) >= 11 is 0. The highest BCUT2D eigenvalue weighted by Crippen LogP contribution is 1.94. The van der Waals surface area contributed by atoms with Gasteiger partial charge in [0, 0.05) is 6.54 Å². The predicted molar refractivity (Wildman–Crippen MR) is 54.1 cm³/mol. The van der Waals surface area contributed by atoms with Gasteiger partial charge in [-0.05, 0) is 20.9 Å². The number of rotatable bonds is 5. The van der Waals surface area contributed by atoms with Crippen LogP contribution in [0.5, 0.6) is 0 Å². The monoisotopic (exact) mass is 223 g/mol. The van der Waals surface area contributed by atoms with E-state index in [1.807, 2.05) is 0 Å². The molecule has 4 N–H and O–H groups in total. The maximum atomic E-state index is 11.2. The molecular formula is C7H17N3O3S. The van der Waals surface area contributed by atoms with Gasteiger partial charge in [0.15, 0.2) is 0 Å². The Morgan fingerprint density at radius 1 is 1.43 bits per heavy atom. The van der Waals surface area contributed by atoms with Crippen molar-refractivity contribution < 1.29 is 13.2 Å². The van der Waals surface area contributed by atoms with Crippen molar-refractivity contribution in [3.8, 4) is 0 Å². The lowest BCUT2D eigenvalue weighted by Gasteiger charge is -2.17. The van der Waals surface area contributed by atoms with E-state index in [0.29, 0.717) is 0 Å². The first kappa shape index (κ1) is 13.3. The summed E-state index contributed by atoms with van der Waals surface area (Å²) in [7, 11) is -1.94. The van der Waals surface area contributed by atoms with Gasteiger partial charge in [0.2, 0.25) is 15.9 Å². The lowest BCUT2D eigenvalue weighted by molar-refractivity contribution is -0.125. The Labute approximate surface area is 84.3 Å². The van der Waals surface area contributed by atoms with Gasteiger partial charge in [0.25, 0.3) is 0 Å². The van der Waals surface area contributed by atoms with Crippen molar-refractivity contribution in [1.29, 1.82) is 0 Å². The summed E-state index contributed by atoms with van der Waals surface area (Å²) in [6.45, 7) is 3.16. The molecule has 1 amide bonds. The molecule has 0 saturated carbocycles. The molecular weight excluding hydrogens is 206 g/mol. The van der Waals surface area contributed by atoms with Gasteiger partial charge in [-0.2, -0.15) is 0 Å². The van der Waals surface area contributed by atoms with Crippen LogP contribution < -0.4 is 15.8 Å². The van der Waals surface area contributed by atoms with Crippen molar-refractivity contribution >= 4 is 15.9 Å². The molecule has 0 bridgehead atoms. The number of hydrogen-bond acceptors (Lipinski definition) is 4. The molecule has 0 rings (SSSR count). The van der Waals surface area contributed by atoms with Crippen molar-refractivity contribution in [2.75, 3.05) is 19.3 Å². The van der Waals surface area contributed by atoms with Crippen LogP contribution in [0, 0.1) is 0 Å². The molecule has 6 nitrogen and oxygen atoms in total. The molecule has 0 radical (unpaired) electrons. The summed E-state index contributed by atoms with van der Waals surface area (Å²) < 4.78 is 24.0. The SMILES string of the molecule is CNS(=O)(=O)CCNC(=O)C(C)(C)N. The van der Waals surface area contributed by atoms with Crippen LogP contribution in [0.15, 0.2) is 0 Å². The van der Waals surface area contributed by atoms with E-state index in [4.69, 9.17) is 5.73 Å². The number of sulfonamides is 1. The topological polar surface area (TPSA) is 101 Å². The number of amides is 1. The molecule has 0 atom stereocenters. The standard InChI is InChI=1S/C7H17N3O3S/c1-7(2,8)6(11)10-4-5-14(12,13)9-3/h9H,4-5,8H2,1-3H3,(H,10,11). The third-order valence-electron chi connectivity index (χ3n) is 1.55. The number of nitrogens with one attached hydrogen (secondary N) is 2. The first-order valence-electron chi connectivity index (χ1n) is 4.17. The third kappa shape index (κ3) is 5.15. The summed E-state index contributed by atoms with van der Waals surface area (Å²) in [6, 6.07) is 0. The second-order valence-corrected chi connectivity index (χ2v) is 5.55. The van der Waals surface area contributed by atoms with Crippen LogP contribution in [0.1, 0.15) is 13.8 Å². The minimum absolute atomic E-state index is 0.0582. The molecule has 0 saturated heterocycles. The van der Waals surface area contributed by atoms with Crippen molar-refractivity contribution in [3.63, 3.8) is 0 Å². The fourth-order valence-electron chi connectivity index (χ4n) is 0.629. The van der Waals surface area contributed by atoms with E-state index in [-0.39, 0.29) is 18.2 Å². The third-order valence-corrected chi connectivity index (χ3v) is 2.92. The molecule has 0 aromatic carbocycles. The average Bonchev–Trinajstić information content (AvgIpc) is 2.02. The van der Waals surface area contributed by atoms with Crippen LogP contribution in [-0.4, -0.2) is 39.2 Å². The van der Waals surface area contributed by atoms with Crippen molar-refractivity contribution in [2.45, 2.75) is 19.4 Å². The van der Waals surface area contributed by atoms with E-state index in [1.165, 1.54) is 7.05 Å². The minimum atomic E-state index is -3.27. The Balaban J connectivity index is 3.94. The highest BCUT2D eigenvalue weighted by molar-refractivity contribution is 7.89. The fraction of sp³-hybridized carbons (Fsp3) is 0.857. The normalized spacial score (nSPS) is 12.6. The molecule has 0 spiro atoms. The summed E-state index contributed by atoms with van der Waals surface area (Å²) in [5, 5.41) is 2.43. The summed E-state index contributed by atoms with van der Waals surface area (Å²) in [6.07, 6.45) is 0. The highest BCUT2D eigenvalue weighted by atomic mass is 32.2. The molecule has 0 aliphatic heterocycles. The van der Waals surface area contributed by atoms with Crippen LogP contribution in [0.25, 0.3) is 0 Å². The van der Waals surface area contributed by atoms with E-state index in [0.717, 1.165) is 0 Å². The number of hydrogen-bond donors (Lipinski definition) is 3. The Morgan fingerprint density at radius 3 is 2.29 bits per heavy atom. The lowest BCUT2D eigenvalue weighted by Crippen LogP contribution is -2.50. The quantitative estimate of drug-likeness (QED) is 0.522. The molecule has 0 unspecified atom stereocenters. The van der Waals surface area contributed by atoms with Crippen LogP contribution in [-0.2, 0) is 14.8 Å². The predicted octanol–water partition coefficient (Wildman–Crippen LogP) is -1.61. The fourth-order valence-corrected chi connectivity index (χ4v) is 1.20. The Kier molecular flexibility index (Phi) is 4.50. The zero-order chi connectivity index (χ0) is 11.4. The first-order valence-corrected chi connectivity index (χ1v) is 5.82. The van der Waals surface area contributed by atoms with Gasteiger partial charge in [0.05, 0.1) is 11.3 Å². The summed E-state index contributed by atoms with van der Waals surface area (Å²) in [5.74, 6) is -0.519. The van der Waals surface area contributed by atoms with E-state index >= 15 is 0 Å². The van der Waals surface area contributed by atoms with Gasteiger partial charge >= 0.3 is 0 Å². The molecule has 14 heavy (non-hydrogen) atoms. The molecule has 0 aliphatic rings. The van der Waals surface area contributed by atoms with E-state index < -0.39 is 15.6 Å². The number of nitrogens with two attached hydrogens (primary N) is 1. The van der Waals surface area contributed by atoms with Crippen LogP contribution in [0.4, 0.5) is 0 Å². The van der Waals surface area contributed by atoms with Gasteiger partial charge < -0.3 is 11.1 Å². The zero-order valence-corrected chi connectivity index (χ0v) is 9.44. The largest absolute Gasteiger partial charge is 0.353 e. The number of carbonyl (C=O) groups is 1. The number of carbonyl (C=O) groups excluding carboxylic acids is 1. The van der Waals surface area contributed by atoms with Crippen molar-refractivity contribution in [1.82, 2.24) is 10.0 Å². The Morgan fingerprint density at radius 2 is 1.93 bits per heavy atom. The van der Waals surface area contributed by atoms with Crippen LogP contribution in [0.2, 0.25) is 0 Å². The van der Waals surface area contributed by atoms with Crippen molar-refractivity contribution in [3.05, 3.63) is 0 Å². The molecule has 0 aromatic heterocycles. The van der Waals surface area contributed by atoms with Gasteiger partial charge in [0.1, 0.15) is 0 Å². The van der Waals surface area contributed by atoms with E-state index in [2.05, 4.69) is 10.0 Å². The Bertz CT molecular complexity index is 292. The minimum Gasteiger partial charge on any atom is -0.353 e. The smallest absolute Gasteiger partial charge is 0.239 e. The zero-order valence-electron chi connectivity index (χ0n) is 8.62. The van der Waals surface area contributed by atoms with Crippen LogP contribution in [0.3, 0.4) is 0 Å². The average molecular weight is 223 g/mol. The second-order valence-electron chi connectivity index (χ2n) is 3.50. The molecule has 0 fully saturated rings. The van der Waals surface area contributed by atoms with E-state index in [9.17, 15) is 13.2 Å². The van der Waals surface area contributed by atoms with E-state index in [1.54, 1.807) is 13.8 Å². The van der Waals surface area contributed by atoms with Gasteiger partial charge in [-0.15, -0.1) is 0 Å². The summed E-state index contributed by atoms with van der Waals surface area (Å²) in [5.41, 5.74) is 4.50. The molecule has 7 heteroatoms. The molecule has 0 heterocycles. The highest BCUT2D eigenvalue weighted by Gasteiger charge is 2.21. The molecule has 0 aromatic rings. The maximum Gasteiger partial charge on any atom is 0.239 e. The first-order chi connectivity index (χ1) is 6.19. The van der Waals surface area contributed by atoms with Crippen LogP contribution >= 0.6 is 0 Å². The van der Waals surface area contributed by atoms with Crippen molar-refractivity contribution in [2.24, 2.45) is 5.73 Å². The van der Waals surface area contributed by atoms with Gasteiger partial charge in [-0.3, -0.25) is 4.79 Å².